The molecular formula is C11H16N4O. The Morgan fingerprint density at radius 2 is 2.31 bits per heavy atom. The van der Waals surface area contributed by atoms with E-state index in [1.807, 2.05) is 33.0 Å². The summed E-state index contributed by atoms with van der Waals surface area (Å²) in [5, 5.41) is 7.53. The van der Waals surface area contributed by atoms with E-state index in [4.69, 9.17) is 10.2 Å². The maximum Gasteiger partial charge on any atom is 0.148 e. The van der Waals surface area contributed by atoms with Gasteiger partial charge in [-0.05, 0) is 26.0 Å². The van der Waals surface area contributed by atoms with Gasteiger partial charge in [-0.25, -0.2) is 0 Å². The van der Waals surface area contributed by atoms with Gasteiger partial charge in [0.1, 0.15) is 11.6 Å². The smallest absolute Gasteiger partial charge is 0.148 e. The molecule has 0 fully saturated rings. The Hall–Kier alpha value is -1.91. The number of furan rings is 1. The zero-order valence-corrected chi connectivity index (χ0v) is 9.69. The molecular weight excluding hydrogens is 204 g/mol. The maximum atomic E-state index is 5.93. The van der Waals surface area contributed by atoms with Crippen LogP contribution in [-0.2, 0) is 7.05 Å². The van der Waals surface area contributed by atoms with Crippen LogP contribution < -0.4 is 11.1 Å². The van der Waals surface area contributed by atoms with Crippen LogP contribution in [0.5, 0.6) is 0 Å². The summed E-state index contributed by atoms with van der Waals surface area (Å²) in [4.78, 5) is 0. The summed E-state index contributed by atoms with van der Waals surface area (Å²) in [5.41, 5.74) is 7.44. The van der Waals surface area contributed by atoms with Crippen molar-refractivity contribution in [1.29, 1.82) is 0 Å². The van der Waals surface area contributed by atoms with E-state index in [9.17, 15) is 0 Å². The van der Waals surface area contributed by atoms with E-state index in [0.717, 1.165) is 17.3 Å². The molecule has 0 radical (unpaired) electrons. The third kappa shape index (κ3) is 1.76. The lowest BCUT2D eigenvalue weighted by Crippen LogP contribution is -2.10. The number of nitrogens with two attached hydrogens (primary N) is 1. The molecule has 1 atom stereocenters. The second-order valence-corrected chi connectivity index (χ2v) is 3.85. The minimum Gasteiger partial charge on any atom is -0.467 e. The Kier molecular flexibility index (Phi) is 2.60. The number of rotatable bonds is 3. The SMILES string of the molecule is Cc1nn(C)c(NC(C)c2ccco2)c1N. The van der Waals surface area contributed by atoms with Gasteiger partial charge in [0.15, 0.2) is 0 Å². The fourth-order valence-electron chi connectivity index (χ4n) is 1.66. The van der Waals surface area contributed by atoms with E-state index in [1.54, 1.807) is 10.9 Å². The first-order valence-electron chi connectivity index (χ1n) is 5.18. The number of hydrogen-bond acceptors (Lipinski definition) is 4. The van der Waals surface area contributed by atoms with Crippen molar-refractivity contribution >= 4 is 11.5 Å². The van der Waals surface area contributed by atoms with Crippen LogP contribution in [0.3, 0.4) is 0 Å². The molecule has 2 aromatic rings. The van der Waals surface area contributed by atoms with Crippen molar-refractivity contribution in [3.63, 3.8) is 0 Å². The first kappa shape index (κ1) is 10.6. The highest BCUT2D eigenvalue weighted by Gasteiger charge is 2.14. The monoisotopic (exact) mass is 220 g/mol. The molecule has 0 aliphatic carbocycles. The van der Waals surface area contributed by atoms with Gasteiger partial charge in [-0.15, -0.1) is 0 Å². The standard InChI is InChI=1S/C11H16N4O/c1-7(9-5-4-6-16-9)13-11-10(12)8(2)14-15(11)3/h4-7,13H,12H2,1-3H3. The fraction of sp³-hybridized carbons (Fsp3) is 0.364. The summed E-state index contributed by atoms with van der Waals surface area (Å²) in [6, 6.07) is 3.86. The third-order valence-electron chi connectivity index (χ3n) is 2.59. The zero-order valence-electron chi connectivity index (χ0n) is 9.69. The predicted molar refractivity (Wildman–Crippen MR) is 63.1 cm³/mol. The highest BCUT2D eigenvalue weighted by Crippen LogP contribution is 2.25. The molecule has 5 nitrogen and oxygen atoms in total. The predicted octanol–water partition coefficient (Wildman–Crippen LogP) is 2.08. The maximum absolute atomic E-state index is 5.93. The van der Waals surface area contributed by atoms with Gasteiger partial charge in [-0.1, -0.05) is 0 Å². The van der Waals surface area contributed by atoms with Crippen LogP contribution in [0.15, 0.2) is 22.8 Å². The van der Waals surface area contributed by atoms with Gasteiger partial charge in [0.05, 0.1) is 23.7 Å². The molecule has 0 aliphatic rings. The Morgan fingerprint density at radius 3 is 2.81 bits per heavy atom. The van der Waals surface area contributed by atoms with Gasteiger partial charge >= 0.3 is 0 Å². The van der Waals surface area contributed by atoms with Gasteiger partial charge in [-0.2, -0.15) is 5.10 Å². The van der Waals surface area contributed by atoms with Crippen LogP contribution in [0.1, 0.15) is 24.4 Å². The van der Waals surface area contributed by atoms with Crippen molar-refractivity contribution in [2.24, 2.45) is 7.05 Å². The van der Waals surface area contributed by atoms with E-state index in [1.165, 1.54) is 0 Å². The van der Waals surface area contributed by atoms with E-state index < -0.39 is 0 Å². The topological polar surface area (TPSA) is 69.0 Å². The van der Waals surface area contributed by atoms with E-state index >= 15 is 0 Å². The summed E-state index contributed by atoms with van der Waals surface area (Å²) >= 11 is 0. The molecule has 2 rings (SSSR count). The average Bonchev–Trinajstić information content (AvgIpc) is 2.83. The van der Waals surface area contributed by atoms with Crippen LogP contribution >= 0.6 is 0 Å². The number of aryl methyl sites for hydroxylation is 2. The summed E-state index contributed by atoms with van der Waals surface area (Å²) in [5.74, 6) is 1.69. The molecule has 1 unspecified atom stereocenters. The second-order valence-electron chi connectivity index (χ2n) is 3.85. The lowest BCUT2D eigenvalue weighted by molar-refractivity contribution is 0.489. The summed E-state index contributed by atoms with van der Waals surface area (Å²) in [7, 11) is 1.86. The molecule has 5 heteroatoms. The first-order valence-corrected chi connectivity index (χ1v) is 5.18. The molecule has 86 valence electrons. The fourth-order valence-corrected chi connectivity index (χ4v) is 1.66. The van der Waals surface area contributed by atoms with Gasteiger partial charge in [0, 0.05) is 7.05 Å². The van der Waals surface area contributed by atoms with Gasteiger partial charge < -0.3 is 15.5 Å². The van der Waals surface area contributed by atoms with E-state index in [2.05, 4.69) is 10.4 Å². The molecule has 16 heavy (non-hydrogen) atoms. The van der Waals surface area contributed by atoms with Crippen LogP contribution in [0, 0.1) is 6.92 Å². The van der Waals surface area contributed by atoms with Crippen molar-refractivity contribution in [2.75, 3.05) is 11.1 Å². The van der Waals surface area contributed by atoms with Gasteiger partial charge in [-0.3, -0.25) is 4.68 Å². The Bertz CT molecular complexity index is 472. The minimum absolute atomic E-state index is 0.0621. The van der Waals surface area contributed by atoms with Gasteiger partial charge in [0.2, 0.25) is 0 Å². The molecule has 0 aromatic carbocycles. The highest BCUT2D eigenvalue weighted by atomic mass is 16.3. The highest BCUT2D eigenvalue weighted by molar-refractivity contribution is 5.65. The molecule has 0 aliphatic heterocycles. The van der Waals surface area contributed by atoms with Crippen molar-refractivity contribution in [3.05, 3.63) is 29.9 Å². The van der Waals surface area contributed by atoms with Crippen LogP contribution in [0.2, 0.25) is 0 Å². The number of nitrogen functional groups attached to an aromatic ring is 1. The molecule has 0 amide bonds. The number of hydrogen-bond donors (Lipinski definition) is 2. The number of nitrogens with zero attached hydrogens (tertiary/aromatic N) is 2. The lowest BCUT2D eigenvalue weighted by Gasteiger charge is -2.13. The van der Waals surface area contributed by atoms with Crippen molar-refractivity contribution in [3.8, 4) is 0 Å². The first-order chi connectivity index (χ1) is 7.59. The van der Waals surface area contributed by atoms with Gasteiger partial charge in [0.25, 0.3) is 0 Å². The summed E-state index contributed by atoms with van der Waals surface area (Å²) in [6.45, 7) is 3.90. The molecule has 0 saturated carbocycles. The van der Waals surface area contributed by atoms with Crippen LogP contribution in [0.25, 0.3) is 0 Å². The summed E-state index contributed by atoms with van der Waals surface area (Å²) < 4.78 is 7.06. The largest absolute Gasteiger partial charge is 0.467 e. The minimum atomic E-state index is 0.0621. The Balaban J connectivity index is 2.21. The molecule has 3 N–H and O–H groups in total. The molecule has 0 saturated heterocycles. The Morgan fingerprint density at radius 1 is 1.56 bits per heavy atom. The second kappa shape index (κ2) is 3.92. The lowest BCUT2D eigenvalue weighted by atomic mass is 10.2. The molecule has 2 heterocycles. The average molecular weight is 220 g/mol. The van der Waals surface area contributed by atoms with Crippen molar-refractivity contribution in [1.82, 2.24) is 9.78 Å². The normalized spacial score (nSPS) is 12.7. The number of aromatic nitrogens is 2. The third-order valence-corrected chi connectivity index (χ3v) is 2.59. The number of nitrogens with one attached hydrogen (secondary N) is 1. The molecule has 0 bridgehead atoms. The molecule has 2 aromatic heterocycles. The van der Waals surface area contributed by atoms with E-state index in [-0.39, 0.29) is 6.04 Å². The Labute approximate surface area is 94.2 Å². The quantitative estimate of drug-likeness (QED) is 0.830. The van der Waals surface area contributed by atoms with E-state index in [0.29, 0.717) is 5.69 Å². The van der Waals surface area contributed by atoms with Crippen LogP contribution in [0.4, 0.5) is 11.5 Å². The van der Waals surface area contributed by atoms with Crippen molar-refractivity contribution in [2.45, 2.75) is 19.9 Å². The number of anilines is 2. The zero-order chi connectivity index (χ0) is 11.7. The molecule has 0 spiro atoms. The van der Waals surface area contributed by atoms with Crippen LogP contribution in [-0.4, -0.2) is 9.78 Å². The summed E-state index contributed by atoms with van der Waals surface area (Å²) in [6.07, 6.45) is 1.66. The van der Waals surface area contributed by atoms with Crippen molar-refractivity contribution < 1.29 is 4.42 Å².